The van der Waals surface area contributed by atoms with Gasteiger partial charge in [-0.25, -0.2) is 9.59 Å². The monoisotopic (exact) mass is 429 g/mol. The van der Waals surface area contributed by atoms with E-state index in [0.717, 1.165) is 0 Å². The lowest BCUT2D eigenvalue weighted by molar-refractivity contribution is -0.117. The Labute approximate surface area is 182 Å². The fourth-order valence-electron chi connectivity index (χ4n) is 4.05. The number of hydrogen-bond donors (Lipinski definition) is 4. The van der Waals surface area contributed by atoms with Gasteiger partial charge in [0.05, 0.1) is 11.5 Å². The average Bonchev–Trinajstić information content (AvgIpc) is 3.17. The van der Waals surface area contributed by atoms with Crippen molar-refractivity contribution in [3.05, 3.63) is 89.1 Å². The van der Waals surface area contributed by atoms with E-state index in [-0.39, 0.29) is 22.8 Å². The van der Waals surface area contributed by atoms with E-state index < -0.39 is 17.9 Å². The van der Waals surface area contributed by atoms with Crippen LogP contribution in [0.15, 0.2) is 66.7 Å². The Morgan fingerprint density at radius 2 is 1.62 bits per heavy atom. The predicted octanol–water partition coefficient (Wildman–Crippen LogP) is 4.66. The number of aromatic nitrogens is 1. The first-order chi connectivity index (χ1) is 15.3. The highest BCUT2D eigenvalue weighted by atomic mass is 16.4. The van der Waals surface area contributed by atoms with Crippen molar-refractivity contribution < 1.29 is 29.7 Å². The molecule has 0 saturated carbocycles. The van der Waals surface area contributed by atoms with Gasteiger partial charge in [0.1, 0.15) is 17.2 Å². The van der Waals surface area contributed by atoms with Crippen molar-refractivity contribution in [2.24, 2.45) is 0 Å². The number of H-pyrrole nitrogens is 1. The molecule has 160 valence electrons. The topological polar surface area (TPSA) is 128 Å². The number of benzene rings is 3. The summed E-state index contributed by atoms with van der Waals surface area (Å²) in [5.41, 5.74) is 2.55. The van der Waals surface area contributed by atoms with Crippen molar-refractivity contribution in [1.29, 1.82) is 0 Å². The van der Waals surface area contributed by atoms with E-state index >= 15 is 0 Å². The minimum atomic E-state index is -1.15. The summed E-state index contributed by atoms with van der Waals surface area (Å²) in [6, 6.07) is 17.6. The van der Waals surface area contributed by atoms with Crippen molar-refractivity contribution >= 4 is 28.6 Å². The Morgan fingerprint density at radius 3 is 2.28 bits per heavy atom. The predicted molar refractivity (Wildman–Crippen MR) is 118 cm³/mol. The Bertz CT molecular complexity index is 1380. The molecule has 1 aromatic heterocycles. The number of fused-ring (bicyclic) bond motifs is 1. The number of carbonyl (C=O) groups excluding carboxylic acids is 1. The van der Waals surface area contributed by atoms with Gasteiger partial charge in [-0.2, -0.15) is 0 Å². The highest BCUT2D eigenvalue weighted by molar-refractivity contribution is 6.02. The number of hydrogen-bond acceptors (Lipinski definition) is 4. The van der Waals surface area contributed by atoms with Gasteiger partial charge in [-0.1, -0.05) is 30.3 Å². The van der Waals surface area contributed by atoms with Crippen LogP contribution in [-0.2, 0) is 4.79 Å². The number of aromatic hydroxyl groups is 1. The van der Waals surface area contributed by atoms with Gasteiger partial charge in [0.25, 0.3) is 0 Å². The molecule has 0 aliphatic carbocycles. The number of phenols is 1. The normalized spacial score (nSPS) is 11.9. The molecule has 0 aliphatic heterocycles. The minimum Gasteiger partial charge on any atom is -0.508 e. The Kier molecular flexibility index (Phi) is 5.24. The number of aromatic amines is 1. The van der Waals surface area contributed by atoms with Crippen LogP contribution in [0.1, 0.15) is 44.8 Å². The molecule has 1 unspecified atom stereocenters. The summed E-state index contributed by atoms with van der Waals surface area (Å²) in [4.78, 5) is 38.9. The summed E-state index contributed by atoms with van der Waals surface area (Å²) >= 11 is 0. The van der Waals surface area contributed by atoms with Crippen molar-refractivity contribution in [2.45, 2.75) is 12.8 Å². The van der Waals surface area contributed by atoms with Crippen LogP contribution in [-0.4, -0.2) is 38.0 Å². The fourth-order valence-corrected chi connectivity index (χ4v) is 4.05. The minimum absolute atomic E-state index is 0.000341. The maximum absolute atomic E-state index is 12.7. The van der Waals surface area contributed by atoms with E-state index in [4.69, 9.17) is 0 Å². The number of nitrogens with one attached hydrogen (secondary N) is 1. The Balaban J connectivity index is 1.99. The number of ketones is 1. The van der Waals surface area contributed by atoms with Crippen LogP contribution >= 0.6 is 0 Å². The summed E-state index contributed by atoms with van der Waals surface area (Å²) in [5.74, 6) is -3.27. The quantitative estimate of drug-likeness (QED) is 0.353. The molecule has 32 heavy (non-hydrogen) atoms. The Morgan fingerprint density at radius 1 is 0.875 bits per heavy atom. The van der Waals surface area contributed by atoms with Crippen LogP contribution in [0.3, 0.4) is 0 Å². The highest BCUT2D eigenvalue weighted by Gasteiger charge is 2.26. The maximum atomic E-state index is 12.7. The second-order valence-electron chi connectivity index (χ2n) is 7.50. The summed E-state index contributed by atoms with van der Waals surface area (Å²) in [6.07, 6.45) is 0. The van der Waals surface area contributed by atoms with E-state index in [1.807, 2.05) is 0 Å². The summed E-state index contributed by atoms with van der Waals surface area (Å²) in [7, 11) is 0. The first-order valence-electron chi connectivity index (χ1n) is 9.78. The first kappa shape index (κ1) is 20.9. The Hall–Kier alpha value is -4.39. The molecule has 0 saturated heterocycles. The zero-order valence-corrected chi connectivity index (χ0v) is 17.0. The number of phenolic OH excluding ortho intramolecular Hbond substituents is 1. The molecule has 0 fully saturated rings. The molecule has 4 aromatic rings. The highest BCUT2D eigenvalue weighted by Crippen LogP contribution is 2.38. The number of Topliss-reactive ketones (excluding diaryl/α,β-unsaturated/α-hetero) is 1. The third-order valence-electron chi connectivity index (χ3n) is 5.39. The molecule has 0 spiro atoms. The van der Waals surface area contributed by atoms with E-state index in [2.05, 4.69) is 4.98 Å². The van der Waals surface area contributed by atoms with Crippen molar-refractivity contribution in [3.63, 3.8) is 0 Å². The van der Waals surface area contributed by atoms with E-state index in [1.165, 1.54) is 31.2 Å². The van der Waals surface area contributed by atoms with Gasteiger partial charge in [-0.3, -0.25) is 4.79 Å². The molecule has 4 N–H and O–H groups in total. The summed E-state index contributed by atoms with van der Waals surface area (Å²) < 4.78 is 0. The number of carbonyl (C=O) groups is 3. The van der Waals surface area contributed by atoms with Crippen molar-refractivity contribution in [3.8, 4) is 16.9 Å². The third-order valence-corrected chi connectivity index (χ3v) is 5.39. The summed E-state index contributed by atoms with van der Waals surface area (Å²) in [5, 5.41) is 29.6. The summed E-state index contributed by atoms with van der Waals surface area (Å²) in [6.45, 7) is 1.42. The molecule has 1 heterocycles. The zero-order chi connectivity index (χ0) is 23.0. The molecule has 7 heteroatoms. The van der Waals surface area contributed by atoms with Crippen LogP contribution in [0.2, 0.25) is 0 Å². The van der Waals surface area contributed by atoms with E-state index in [9.17, 15) is 29.7 Å². The molecule has 4 rings (SSSR count). The largest absolute Gasteiger partial charge is 0.508 e. The van der Waals surface area contributed by atoms with Gasteiger partial charge in [0.2, 0.25) is 0 Å². The molecule has 3 aromatic carbocycles. The lowest BCUT2D eigenvalue weighted by atomic mass is 9.81. The average molecular weight is 429 g/mol. The zero-order valence-electron chi connectivity index (χ0n) is 17.0. The van der Waals surface area contributed by atoms with Crippen LogP contribution in [0.4, 0.5) is 0 Å². The second-order valence-corrected chi connectivity index (χ2v) is 7.50. The van der Waals surface area contributed by atoms with Gasteiger partial charge in [-0.15, -0.1) is 0 Å². The maximum Gasteiger partial charge on any atom is 0.352 e. The fraction of sp³-hybridized carbons (Fsp3) is 0.0800. The van der Waals surface area contributed by atoms with Gasteiger partial charge < -0.3 is 20.3 Å². The molecule has 1 atom stereocenters. The van der Waals surface area contributed by atoms with Crippen molar-refractivity contribution in [2.75, 3.05) is 0 Å². The molecule has 0 amide bonds. The van der Waals surface area contributed by atoms with Gasteiger partial charge >= 0.3 is 11.9 Å². The second kappa shape index (κ2) is 8.03. The van der Waals surface area contributed by atoms with Gasteiger partial charge in [0, 0.05) is 16.5 Å². The third kappa shape index (κ3) is 3.72. The van der Waals surface area contributed by atoms with Crippen LogP contribution in [0.25, 0.3) is 22.0 Å². The van der Waals surface area contributed by atoms with Crippen molar-refractivity contribution in [1.82, 2.24) is 4.98 Å². The number of carboxylic acid groups (broad SMARTS) is 2. The standard InChI is InChI=1S/C25H19NO6/c1-13(27)22(14-4-2-5-17(28)11-14)18-6-3-7-19(24(29)30)23(18)15-8-9-20-16(10-15)12-21(26-20)25(31)32/h2-12,22,26,28H,1H3,(H,29,30)(H,31,32). The molecule has 0 bridgehead atoms. The number of carboxylic acids is 2. The van der Waals surface area contributed by atoms with E-state index in [0.29, 0.717) is 33.2 Å². The van der Waals surface area contributed by atoms with Crippen LogP contribution in [0.5, 0.6) is 5.75 Å². The van der Waals surface area contributed by atoms with Crippen LogP contribution < -0.4 is 0 Å². The lowest BCUT2D eigenvalue weighted by Crippen LogP contribution is -2.14. The van der Waals surface area contributed by atoms with Crippen LogP contribution in [0, 0.1) is 0 Å². The van der Waals surface area contributed by atoms with Gasteiger partial charge in [-0.05, 0) is 60.0 Å². The smallest absolute Gasteiger partial charge is 0.352 e. The SMILES string of the molecule is CC(=O)C(c1cccc(O)c1)c1cccc(C(=O)O)c1-c1ccc2[nH]c(C(=O)O)cc2c1. The molecular weight excluding hydrogens is 410 g/mol. The number of aromatic carboxylic acids is 2. The first-order valence-corrected chi connectivity index (χ1v) is 9.78. The molecule has 0 aliphatic rings. The lowest BCUT2D eigenvalue weighted by Gasteiger charge is -2.21. The molecule has 7 nitrogen and oxygen atoms in total. The number of rotatable bonds is 6. The van der Waals surface area contributed by atoms with E-state index in [1.54, 1.807) is 42.5 Å². The molecule has 0 radical (unpaired) electrons. The van der Waals surface area contributed by atoms with Gasteiger partial charge in [0.15, 0.2) is 0 Å². The molecular formula is C25H19NO6.